The Kier molecular flexibility index (Phi) is 4.74. The van der Waals surface area contributed by atoms with E-state index < -0.39 is 6.10 Å². The third-order valence-electron chi connectivity index (χ3n) is 4.25. The van der Waals surface area contributed by atoms with Gasteiger partial charge in [0, 0.05) is 13.1 Å². The Labute approximate surface area is 136 Å². The smallest absolute Gasteiger partial charge is 0.123 e. The number of hydrogen-bond acceptors (Lipinski definition) is 3. The van der Waals surface area contributed by atoms with Crippen LogP contribution in [-0.4, -0.2) is 20.7 Å². The molecule has 2 aromatic carbocycles. The van der Waals surface area contributed by atoms with E-state index in [1.54, 1.807) is 0 Å². The standard InChI is InChI=1S/C19H23N3O/c1-14(12-18(23)15-8-4-3-5-9-15)20-13-19-21-16-10-6-7-11-17(16)22(19)2/h3-11,14,18,20,23H,12-13H2,1-2H3/t14-,18+/m1/s1. The number of nitrogens with zero attached hydrogens (tertiary/aromatic N) is 2. The highest BCUT2D eigenvalue weighted by molar-refractivity contribution is 5.75. The second-order valence-electron chi connectivity index (χ2n) is 6.02. The number of aromatic nitrogens is 2. The molecular weight excluding hydrogens is 286 g/mol. The minimum atomic E-state index is -0.445. The number of rotatable bonds is 6. The van der Waals surface area contributed by atoms with Crippen molar-refractivity contribution >= 4 is 11.0 Å². The lowest BCUT2D eigenvalue weighted by molar-refractivity contribution is 0.153. The molecule has 1 heterocycles. The lowest BCUT2D eigenvalue weighted by Gasteiger charge is -2.18. The molecule has 23 heavy (non-hydrogen) atoms. The van der Waals surface area contributed by atoms with Crippen molar-refractivity contribution in [2.45, 2.75) is 32.0 Å². The summed E-state index contributed by atoms with van der Waals surface area (Å²) in [4.78, 5) is 4.66. The Bertz CT molecular complexity index is 767. The summed E-state index contributed by atoms with van der Waals surface area (Å²) in [5.41, 5.74) is 3.12. The summed E-state index contributed by atoms with van der Waals surface area (Å²) in [6.45, 7) is 2.78. The molecule has 0 amide bonds. The number of aryl methyl sites for hydroxylation is 1. The van der Waals surface area contributed by atoms with E-state index in [0.29, 0.717) is 13.0 Å². The Balaban J connectivity index is 1.60. The van der Waals surface area contributed by atoms with Crippen LogP contribution in [0.5, 0.6) is 0 Å². The van der Waals surface area contributed by atoms with Crippen LogP contribution in [0.3, 0.4) is 0 Å². The van der Waals surface area contributed by atoms with Crippen LogP contribution in [0.15, 0.2) is 54.6 Å². The lowest BCUT2D eigenvalue weighted by Crippen LogP contribution is -2.28. The van der Waals surface area contributed by atoms with Crippen molar-refractivity contribution in [2.75, 3.05) is 0 Å². The van der Waals surface area contributed by atoms with Gasteiger partial charge >= 0.3 is 0 Å². The second kappa shape index (κ2) is 6.94. The van der Waals surface area contributed by atoms with E-state index in [4.69, 9.17) is 0 Å². The molecule has 0 radical (unpaired) electrons. The van der Waals surface area contributed by atoms with E-state index in [2.05, 4.69) is 27.9 Å². The lowest BCUT2D eigenvalue weighted by atomic mass is 10.0. The fourth-order valence-corrected chi connectivity index (χ4v) is 2.85. The molecule has 0 aliphatic rings. The molecule has 0 unspecified atom stereocenters. The molecule has 0 spiro atoms. The molecule has 0 saturated carbocycles. The summed E-state index contributed by atoms with van der Waals surface area (Å²) in [6, 6.07) is 18.1. The molecule has 4 heteroatoms. The van der Waals surface area contributed by atoms with Crippen LogP contribution in [0.25, 0.3) is 11.0 Å². The molecular formula is C19H23N3O. The molecule has 3 aromatic rings. The van der Waals surface area contributed by atoms with Gasteiger partial charge in [-0.1, -0.05) is 42.5 Å². The van der Waals surface area contributed by atoms with E-state index in [1.807, 2.05) is 55.6 Å². The predicted molar refractivity (Wildman–Crippen MR) is 93.0 cm³/mol. The summed E-state index contributed by atoms with van der Waals surface area (Å²) in [7, 11) is 2.04. The maximum absolute atomic E-state index is 10.3. The van der Waals surface area contributed by atoms with E-state index in [1.165, 1.54) is 0 Å². The average molecular weight is 309 g/mol. The van der Waals surface area contributed by atoms with E-state index in [-0.39, 0.29) is 6.04 Å². The SMILES string of the molecule is C[C@H](C[C@H](O)c1ccccc1)NCc1nc2ccccc2n1C. The maximum Gasteiger partial charge on any atom is 0.123 e. The highest BCUT2D eigenvalue weighted by atomic mass is 16.3. The summed E-state index contributed by atoms with van der Waals surface area (Å²) < 4.78 is 2.11. The van der Waals surface area contributed by atoms with Crippen molar-refractivity contribution < 1.29 is 5.11 Å². The van der Waals surface area contributed by atoms with E-state index in [0.717, 1.165) is 22.4 Å². The first-order chi connectivity index (χ1) is 11.1. The number of aliphatic hydroxyl groups is 1. The molecule has 0 fully saturated rings. The van der Waals surface area contributed by atoms with Crippen molar-refractivity contribution in [1.82, 2.24) is 14.9 Å². The zero-order valence-corrected chi connectivity index (χ0v) is 13.6. The normalized spacial score (nSPS) is 14.0. The Hall–Kier alpha value is -2.17. The first-order valence-corrected chi connectivity index (χ1v) is 8.02. The molecule has 3 rings (SSSR count). The van der Waals surface area contributed by atoms with Crippen molar-refractivity contribution in [3.63, 3.8) is 0 Å². The summed E-state index contributed by atoms with van der Waals surface area (Å²) in [6.07, 6.45) is 0.229. The van der Waals surface area contributed by atoms with Crippen molar-refractivity contribution in [3.05, 3.63) is 66.0 Å². The highest BCUT2D eigenvalue weighted by Crippen LogP contribution is 2.18. The highest BCUT2D eigenvalue weighted by Gasteiger charge is 2.13. The zero-order valence-electron chi connectivity index (χ0n) is 13.6. The minimum Gasteiger partial charge on any atom is -0.388 e. The van der Waals surface area contributed by atoms with Gasteiger partial charge in [0.2, 0.25) is 0 Å². The Morgan fingerprint density at radius 3 is 2.52 bits per heavy atom. The topological polar surface area (TPSA) is 50.1 Å². The van der Waals surface area contributed by atoms with E-state index >= 15 is 0 Å². The molecule has 0 bridgehead atoms. The second-order valence-corrected chi connectivity index (χ2v) is 6.02. The van der Waals surface area contributed by atoms with Crippen molar-refractivity contribution in [2.24, 2.45) is 7.05 Å². The van der Waals surface area contributed by atoms with Crippen LogP contribution in [-0.2, 0) is 13.6 Å². The van der Waals surface area contributed by atoms with Gasteiger partial charge in [0.25, 0.3) is 0 Å². The quantitative estimate of drug-likeness (QED) is 0.735. The summed E-state index contributed by atoms with van der Waals surface area (Å²) >= 11 is 0. The summed E-state index contributed by atoms with van der Waals surface area (Å²) in [5, 5.41) is 13.8. The van der Waals surface area contributed by atoms with Gasteiger partial charge in [-0.3, -0.25) is 0 Å². The fourth-order valence-electron chi connectivity index (χ4n) is 2.85. The van der Waals surface area contributed by atoms with Gasteiger partial charge in [0.05, 0.1) is 23.7 Å². The fraction of sp³-hybridized carbons (Fsp3) is 0.316. The number of aliphatic hydroxyl groups excluding tert-OH is 1. The average Bonchev–Trinajstić information content (AvgIpc) is 2.90. The third kappa shape index (κ3) is 3.60. The number of imidazole rings is 1. The molecule has 2 atom stereocenters. The molecule has 1 aromatic heterocycles. The first kappa shape index (κ1) is 15.7. The number of para-hydroxylation sites is 2. The number of benzene rings is 2. The predicted octanol–water partition coefficient (Wildman–Crippen LogP) is 3.18. The molecule has 0 aliphatic carbocycles. The van der Waals surface area contributed by atoms with Gasteiger partial charge in [-0.2, -0.15) is 0 Å². The molecule has 0 saturated heterocycles. The Morgan fingerprint density at radius 2 is 1.78 bits per heavy atom. The maximum atomic E-state index is 10.3. The zero-order chi connectivity index (χ0) is 16.2. The van der Waals surface area contributed by atoms with Crippen molar-refractivity contribution in [3.8, 4) is 0 Å². The Morgan fingerprint density at radius 1 is 1.09 bits per heavy atom. The molecule has 4 nitrogen and oxygen atoms in total. The molecule has 120 valence electrons. The van der Waals surface area contributed by atoms with Gasteiger partial charge in [-0.05, 0) is 31.0 Å². The van der Waals surface area contributed by atoms with Crippen molar-refractivity contribution in [1.29, 1.82) is 0 Å². The first-order valence-electron chi connectivity index (χ1n) is 8.02. The van der Waals surface area contributed by atoms with Crippen LogP contribution in [0.1, 0.15) is 30.8 Å². The third-order valence-corrected chi connectivity index (χ3v) is 4.25. The van der Waals surface area contributed by atoms with Gasteiger partial charge in [0.15, 0.2) is 0 Å². The van der Waals surface area contributed by atoms with Gasteiger partial charge < -0.3 is 15.0 Å². The van der Waals surface area contributed by atoms with Crippen LogP contribution in [0.2, 0.25) is 0 Å². The van der Waals surface area contributed by atoms with Crippen LogP contribution in [0, 0.1) is 0 Å². The van der Waals surface area contributed by atoms with Gasteiger partial charge in [-0.25, -0.2) is 4.98 Å². The number of fused-ring (bicyclic) bond motifs is 1. The van der Waals surface area contributed by atoms with Crippen LogP contribution in [0.4, 0.5) is 0 Å². The van der Waals surface area contributed by atoms with E-state index in [9.17, 15) is 5.11 Å². The van der Waals surface area contributed by atoms with Gasteiger partial charge in [-0.15, -0.1) is 0 Å². The van der Waals surface area contributed by atoms with Crippen LogP contribution >= 0.6 is 0 Å². The number of hydrogen-bond donors (Lipinski definition) is 2. The summed E-state index contributed by atoms with van der Waals surface area (Å²) in [5.74, 6) is 1.01. The number of nitrogens with one attached hydrogen (secondary N) is 1. The monoisotopic (exact) mass is 309 g/mol. The largest absolute Gasteiger partial charge is 0.388 e. The van der Waals surface area contributed by atoms with Crippen LogP contribution < -0.4 is 5.32 Å². The molecule has 0 aliphatic heterocycles. The van der Waals surface area contributed by atoms with Gasteiger partial charge in [0.1, 0.15) is 5.82 Å². The molecule has 2 N–H and O–H groups in total. The minimum absolute atomic E-state index is 0.199.